The highest BCUT2D eigenvalue weighted by atomic mass is 16.5. The van der Waals surface area contributed by atoms with Gasteiger partial charge in [-0.3, -0.25) is 9.59 Å². The van der Waals surface area contributed by atoms with E-state index in [1.165, 1.54) is 0 Å². The number of methoxy groups -OCH3 is 1. The Morgan fingerprint density at radius 2 is 1.33 bits per heavy atom. The highest BCUT2D eigenvalue weighted by Gasteiger charge is 2.20. The fraction of sp³-hybridized carbons (Fsp3) is 0.259. The molecular weight excluding hydrogens is 416 g/mol. The Balaban J connectivity index is 1.85. The third-order valence-electron chi connectivity index (χ3n) is 5.10. The topological polar surface area (TPSA) is 76.7 Å². The highest BCUT2D eigenvalue weighted by molar-refractivity contribution is 5.96. The maximum atomic E-state index is 12.9. The second-order valence-electron chi connectivity index (χ2n) is 8.05. The van der Waals surface area contributed by atoms with Crippen LogP contribution in [0.2, 0.25) is 0 Å². The van der Waals surface area contributed by atoms with E-state index in [1.54, 1.807) is 67.8 Å². The molecule has 33 heavy (non-hydrogen) atoms. The van der Waals surface area contributed by atoms with Crippen LogP contribution in [0, 0.1) is 5.92 Å². The third-order valence-corrected chi connectivity index (χ3v) is 5.10. The molecule has 6 heteroatoms. The summed E-state index contributed by atoms with van der Waals surface area (Å²) in [6, 6.07) is 23.1. The summed E-state index contributed by atoms with van der Waals surface area (Å²) in [4.78, 5) is 25.7. The molecule has 0 heterocycles. The molecule has 0 aliphatic heterocycles. The van der Waals surface area contributed by atoms with Crippen LogP contribution < -0.4 is 20.1 Å². The van der Waals surface area contributed by atoms with Gasteiger partial charge in [0.25, 0.3) is 11.8 Å². The maximum absolute atomic E-state index is 12.9. The number of nitrogens with one attached hydrogen (secondary N) is 2. The zero-order valence-corrected chi connectivity index (χ0v) is 19.2. The minimum atomic E-state index is -0.774. The molecule has 3 aromatic rings. The smallest absolute Gasteiger partial charge is 0.253 e. The van der Waals surface area contributed by atoms with Crippen molar-refractivity contribution in [2.75, 3.05) is 13.7 Å². The van der Waals surface area contributed by atoms with Crippen molar-refractivity contribution in [2.24, 2.45) is 5.92 Å². The third kappa shape index (κ3) is 6.84. The molecule has 0 aliphatic rings. The summed E-state index contributed by atoms with van der Waals surface area (Å²) in [5.74, 6) is 1.07. The minimum Gasteiger partial charge on any atom is -0.493 e. The number of carbonyl (C=O) groups excluding carboxylic acids is 2. The van der Waals surface area contributed by atoms with Gasteiger partial charge in [0.1, 0.15) is 6.17 Å². The van der Waals surface area contributed by atoms with Crippen LogP contribution in [0.15, 0.2) is 78.9 Å². The van der Waals surface area contributed by atoms with E-state index >= 15 is 0 Å². The second kappa shape index (κ2) is 11.7. The molecule has 2 N–H and O–H groups in total. The highest BCUT2D eigenvalue weighted by Crippen LogP contribution is 2.30. The van der Waals surface area contributed by atoms with E-state index in [1.807, 2.05) is 18.2 Å². The number of ether oxygens (including phenoxy) is 2. The lowest BCUT2D eigenvalue weighted by Gasteiger charge is -2.22. The summed E-state index contributed by atoms with van der Waals surface area (Å²) in [6.07, 6.45) is 0.150. The second-order valence-corrected chi connectivity index (χ2v) is 8.05. The van der Waals surface area contributed by atoms with Crippen LogP contribution in [-0.4, -0.2) is 25.5 Å². The molecule has 3 rings (SSSR count). The van der Waals surface area contributed by atoms with Crippen LogP contribution >= 0.6 is 0 Å². The fourth-order valence-electron chi connectivity index (χ4n) is 3.20. The Morgan fingerprint density at radius 3 is 1.82 bits per heavy atom. The number of carbonyl (C=O) groups is 2. The van der Waals surface area contributed by atoms with Gasteiger partial charge in [-0.2, -0.15) is 0 Å². The summed E-state index contributed by atoms with van der Waals surface area (Å²) in [5, 5.41) is 5.82. The Labute approximate surface area is 194 Å². The molecule has 0 fully saturated rings. The fourth-order valence-corrected chi connectivity index (χ4v) is 3.20. The molecule has 0 unspecified atom stereocenters. The first-order valence-electron chi connectivity index (χ1n) is 11.0. The first kappa shape index (κ1) is 23.9. The number of benzene rings is 3. The minimum absolute atomic E-state index is 0.301. The quantitative estimate of drug-likeness (QED) is 0.431. The van der Waals surface area contributed by atoms with E-state index in [0.717, 1.165) is 6.42 Å². The van der Waals surface area contributed by atoms with Gasteiger partial charge in [-0.1, -0.05) is 56.3 Å². The van der Waals surface area contributed by atoms with Crippen LogP contribution in [0.4, 0.5) is 0 Å². The number of hydrogen-bond donors (Lipinski definition) is 2. The molecule has 172 valence electrons. The summed E-state index contributed by atoms with van der Waals surface area (Å²) in [7, 11) is 1.56. The molecule has 0 aromatic heterocycles. The standard InChI is InChI=1S/C27H30N2O4/c1-19(2)16-17-33-23-15-14-22(18-24(23)32-3)25(28-26(30)20-10-6-4-7-11-20)29-27(31)21-12-8-5-9-13-21/h4-15,18-19,25H,16-17H2,1-3H3,(H,28,30)(H,29,31). The zero-order valence-electron chi connectivity index (χ0n) is 19.2. The normalized spacial score (nSPS) is 10.7. The molecule has 0 saturated carbocycles. The predicted octanol–water partition coefficient (Wildman–Crippen LogP) is 4.98. The zero-order chi connectivity index (χ0) is 23.6. The Hall–Kier alpha value is -3.80. The molecule has 0 atom stereocenters. The summed E-state index contributed by atoms with van der Waals surface area (Å²) < 4.78 is 11.4. The van der Waals surface area contributed by atoms with Gasteiger partial charge in [0, 0.05) is 11.1 Å². The summed E-state index contributed by atoms with van der Waals surface area (Å²) in [5.41, 5.74) is 1.66. The number of rotatable bonds is 10. The first-order valence-corrected chi connectivity index (χ1v) is 11.0. The molecule has 2 amide bonds. The molecule has 3 aromatic carbocycles. The van der Waals surface area contributed by atoms with Gasteiger partial charge in [0.2, 0.25) is 0 Å². The lowest BCUT2D eigenvalue weighted by molar-refractivity contribution is 0.0883. The van der Waals surface area contributed by atoms with Gasteiger partial charge < -0.3 is 20.1 Å². The summed E-state index contributed by atoms with van der Waals surface area (Å²) in [6.45, 7) is 4.85. The molecule has 0 spiro atoms. The van der Waals surface area contributed by atoms with Gasteiger partial charge in [0.15, 0.2) is 11.5 Å². The van der Waals surface area contributed by atoms with Crippen molar-refractivity contribution in [1.82, 2.24) is 10.6 Å². The van der Waals surface area contributed by atoms with Crippen molar-refractivity contribution in [3.63, 3.8) is 0 Å². The van der Waals surface area contributed by atoms with E-state index in [0.29, 0.717) is 40.7 Å². The van der Waals surface area contributed by atoms with Gasteiger partial charge >= 0.3 is 0 Å². The van der Waals surface area contributed by atoms with E-state index in [2.05, 4.69) is 24.5 Å². The van der Waals surface area contributed by atoms with Crippen LogP contribution in [0.1, 0.15) is 52.7 Å². The van der Waals surface area contributed by atoms with Crippen LogP contribution in [-0.2, 0) is 0 Å². The van der Waals surface area contributed by atoms with Crippen molar-refractivity contribution in [3.8, 4) is 11.5 Å². The van der Waals surface area contributed by atoms with Crippen molar-refractivity contribution in [2.45, 2.75) is 26.4 Å². The molecule has 0 bridgehead atoms. The van der Waals surface area contributed by atoms with E-state index in [-0.39, 0.29) is 11.8 Å². The molecule has 0 saturated heterocycles. The predicted molar refractivity (Wildman–Crippen MR) is 129 cm³/mol. The lowest BCUT2D eigenvalue weighted by Crippen LogP contribution is -2.41. The van der Waals surface area contributed by atoms with Crippen molar-refractivity contribution in [1.29, 1.82) is 0 Å². The average molecular weight is 447 g/mol. The average Bonchev–Trinajstić information content (AvgIpc) is 2.84. The monoisotopic (exact) mass is 446 g/mol. The van der Waals surface area contributed by atoms with Crippen LogP contribution in [0.3, 0.4) is 0 Å². The van der Waals surface area contributed by atoms with Crippen molar-refractivity contribution >= 4 is 11.8 Å². The van der Waals surface area contributed by atoms with Gasteiger partial charge in [-0.15, -0.1) is 0 Å². The van der Waals surface area contributed by atoms with Crippen molar-refractivity contribution in [3.05, 3.63) is 95.6 Å². The lowest BCUT2D eigenvalue weighted by atomic mass is 10.1. The Bertz CT molecular complexity index is 999. The molecule has 6 nitrogen and oxygen atoms in total. The van der Waals surface area contributed by atoms with Gasteiger partial charge in [-0.05, 0) is 54.3 Å². The Morgan fingerprint density at radius 1 is 0.788 bits per heavy atom. The number of hydrogen-bond acceptors (Lipinski definition) is 4. The van der Waals surface area contributed by atoms with Crippen LogP contribution in [0.5, 0.6) is 11.5 Å². The largest absolute Gasteiger partial charge is 0.493 e. The van der Waals surface area contributed by atoms with E-state index < -0.39 is 6.17 Å². The van der Waals surface area contributed by atoms with E-state index in [4.69, 9.17) is 9.47 Å². The van der Waals surface area contributed by atoms with Crippen molar-refractivity contribution < 1.29 is 19.1 Å². The molecule has 0 radical (unpaired) electrons. The number of amides is 2. The SMILES string of the molecule is COc1cc(C(NC(=O)c2ccccc2)NC(=O)c2ccccc2)ccc1OCCC(C)C. The van der Waals surface area contributed by atoms with Gasteiger partial charge in [-0.25, -0.2) is 0 Å². The Kier molecular flexibility index (Phi) is 8.47. The van der Waals surface area contributed by atoms with Crippen LogP contribution in [0.25, 0.3) is 0 Å². The molecule has 0 aliphatic carbocycles. The summed E-state index contributed by atoms with van der Waals surface area (Å²) >= 11 is 0. The first-order chi connectivity index (χ1) is 16.0. The van der Waals surface area contributed by atoms with Gasteiger partial charge in [0.05, 0.1) is 13.7 Å². The van der Waals surface area contributed by atoms with E-state index in [9.17, 15) is 9.59 Å². The maximum Gasteiger partial charge on any atom is 0.253 e. The molecular formula is C27H30N2O4.